The minimum Gasteiger partial charge on any atom is -0.480 e. The monoisotopic (exact) mass is 953 g/mol. The second-order valence-corrected chi connectivity index (χ2v) is 16.5. The molecule has 2 aromatic rings. The van der Waals surface area contributed by atoms with Crippen molar-refractivity contribution >= 4 is 75.9 Å². The molecule has 2 aliphatic heterocycles. The summed E-state index contributed by atoms with van der Waals surface area (Å²) >= 11 is 0. The van der Waals surface area contributed by atoms with Gasteiger partial charge in [-0.15, -0.1) is 0 Å². The molecule has 3 heterocycles. The van der Waals surface area contributed by atoms with Crippen LogP contribution in [0.15, 0.2) is 30.5 Å². The molecule has 372 valence electrons. The number of para-hydroxylation sites is 1. The lowest BCUT2D eigenvalue weighted by Crippen LogP contribution is -2.56. The van der Waals surface area contributed by atoms with Crippen molar-refractivity contribution in [3.63, 3.8) is 0 Å². The maximum atomic E-state index is 13.7. The van der Waals surface area contributed by atoms with Crippen LogP contribution >= 0.6 is 0 Å². The Morgan fingerprint density at radius 2 is 1.44 bits per heavy atom. The van der Waals surface area contributed by atoms with Gasteiger partial charge in [0, 0.05) is 36.5 Å². The number of H-pyrrole nitrogens is 1. The average molecular weight is 954 g/mol. The first kappa shape index (κ1) is 53.5. The Morgan fingerprint density at radius 1 is 0.735 bits per heavy atom. The zero-order valence-electron chi connectivity index (χ0n) is 37.9. The number of carbonyl (C=O) groups excluding carboxylic acids is 10. The number of amides is 10. The molecule has 0 bridgehead atoms. The van der Waals surface area contributed by atoms with Crippen molar-refractivity contribution in [1.29, 1.82) is 0 Å². The standard InChI is InChI=1S/C43H63N13O12/c1-24(38(62)51-23-37(61)56-17-7-12-32(56)42(66)54-30(43(67)68)10-4-5-15-44)52-35(59)21-48-34(58)20-49-40(64)31(18-25-19-47-27-9-3-2-8-26(25)27)55-41(65)29(13-14-33(45)57)53-36(60)22-50-39(63)28-11-6-16-46-28/h2-3,8-9,19,24,28-32,46-47H,4-7,10-18,20-23,44H2,1H3,(H2,45,57)(H,48,58)(H,49,64)(H,50,63)(H,51,62)(H,52,59)(H,53,60)(H,54,66)(H,55,65)(H,67,68)/t24?,28?,29?,30-,31-,32?/m0/s1. The molecular formula is C43H63N13O12. The normalized spacial score (nSPS) is 17.1. The lowest BCUT2D eigenvalue weighted by Gasteiger charge is -2.26. The van der Waals surface area contributed by atoms with E-state index in [2.05, 4.69) is 52.8 Å². The topological polar surface area (TPSA) is 387 Å². The van der Waals surface area contributed by atoms with E-state index in [1.165, 1.54) is 11.8 Å². The smallest absolute Gasteiger partial charge is 0.326 e. The van der Waals surface area contributed by atoms with Crippen molar-refractivity contribution in [1.82, 2.24) is 57.7 Å². The van der Waals surface area contributed by atoms with Crippen molar-refractivity contribution in [2.24, 2.45) is 11.5 Å². The van der Waals surface area contributed by atoms with Crippen LogP contribution < -0.4 is 59.3 Å². The van der Waals surface area contributed by atoms with E-state index in [4.69, 9.17) is 11.5 Å². The van der Waals surface area contributed by atoms with E-state index in [9.17, 15) is 57.8 Å². The zero-order chi connectivity index (χ0) is 49.8. The quantitative estimate of drug-likeness (QED) is 0.0375. The number of carboxylic acid groups (broad SMARTS) is 1. The number of hydrogen-bond acceptors (Lipinski definition) is 13. The molecule has 4 unspecified atom stereocenters. The highest BCUT2D eigenvalue weighted by molar-refractivity contribution is 5.97. The molecule has 0 radical (unpaired) electrons. The summed E-state index contributed by atoms with van der Waals surface area (Å²) < 4.78 is 0. The van der Waals surface area contributed by atoms with E-state index >= 15 is 0 Å². The van der Waals surface area contributed by atoms with Crippen LogP contribution in [0.4, 0.5) is 0 Å². The minimum absolute atomic E-state index is 0.0881. The summed E-state index contributed by atoms with van der Waals surface area (Å²) in [6.45, 7) is 0.338. The van der Waals surface area contributed by atoms with Gasteiger partial charge in [-0.2, -0.15) is 0 Å². The zero-order valence-corrected chi connectivity index (χ0v) is 37.9. The third-order valence-corrected chi connectivity index (χ3v) is 11.4. The lowest BCUT2D eigenvalue weighted by atomic mass is 10.0. The first-order valence-electron chi connectivity index (χ1n) is 22.6. The van der Waals surface area contributed by atoms with Crippen LogP contribution in [0, 0.1) is 0 Å². The van der Waals surface area contributed by atoms with Crippen molar-refractivity contribution < 1.29 is 57.8 Å². The summed E-state index contributed by atoms with van der Waals surface area (Å²) in [5.74, 6) is -8.32. The number of aliphatic carboxylic acids is 1. The Hall–Kier alpha value is -7.15. The second kappa shape index (κ2) is 26.9. The van der Waals surface area contributed by atoms with Gasteiger partial charge in [-0.25, -0.2) is 4.79 Å². The van der Waals surface area contributed by atoms with E-state index in [1.54, 1.807) is 30.5 Å². The SMILES string of the molecule is CC(NC(=O)CNC(=O)CNC(=O)[C@H](Cc1c[nH]c2ccccc12)NC(=O)C(CCC(N)=O)NC(=O)CNC(=O)C1CCCN1)C(=O)NCC(=O)N1CCCC1C(=O)N[C@@H](CCCCN)C(=O)O. The minimum atomic E-state index is -1.35. The molecule has 4 rings (SSSR count). The number of hydrogen-bond donors (Lipinski definition) is 13. The average Bonchev–Trinajstić information content (AvgIpc) is 4.12. The molecule has 0 saturated carbocycles. The Labute approximate surface area is 391 Å². The number of rotatable bonds is 27. The fourth-order valence-corrected chi connectivity index (χ4v) is 7.66. The Bertz CT molecular complexity index is 2160. The Balaban J connectivity index is 1.27. The number of aromatic amines is 1. The molecule has 25 heteroatoms. The van der Waals surface area contributed by atoms with E-state index in [0.29, 0.717) is 50.8 Å². The number of carbonyl (C=O) groups is 11. The summed E-state index contributed by atoms with van der Waals surface area (Å²) in [5.41, 5.74) is 12.2. The van der Waals surface area contributed by atoms with Crippen LogP contribution in [-0.2, 0) is 59.2 Å². The predicted molar refractivity (Wildman–Crippen MR) is 242 cm³/mol. The Morgan fingerprint density at radius 3 is 2.15 bits per heavy atom. The second-order valence-electron chi connectivity index (χ2n) is 16.5. The molecule has 25 nitrogen and oxygen atoms in total. The van der Waals surface area contributed by atoms with Gasteiger partial charge in [0.15, 0.2) is 0 Å². The number of benzene rings is 1. The maximum absolute atomic E-state index is 13.7. The van der Waals surface area contributed by atoms with Crippen LogP contribution in [0.25, 0.3) is 10.9 Å². The highest BCUT2D eigenvalue weighted by Crippen LogP contribution is 2.20. The largest absolute Gasteiger partial charge is 0.480 e. The Kier molecular flexibility index (Phi) is 21.1. The molecule has 10 amide bonds. The highest BCUT2D eigenvalue weighted by atomic mass is 16.4. The summed E-state index contributed by atoms with van der Waals surface area (Å²) in [7, 11) is 0. The van der Waals surface area contributed by atoms with Gasteiger partial charge < -0.3 is 74.3 Å². The fraction of sp³-hybridized carbons (Fsp3) is 0.558. The summed E-state index contributed by atoms with van der Waals surface area (Å²) in [6.07, 6.45) is 4.45. The molecule has 6 atom stereocenters. The van der Waals surface area contributed by atoms with E-state index in [0.717, 1.165) is 17.3 Å². The highest BCUT2D eigenvalue weighted by Gasteiger charge is 2.36. The van der Waals surface area contributed by atoms with Crippen LogP contribution in [-0.4, -0.2) is 162 Å². The molecule has 15 N–H and O–H groups in total. The number of nitrogens with one attached hydrogen (secondary N) is 10. The van der Waals surface area contributed by atoms with Crippen LogP contribution in [0.3, 0.4) is 0 Å². The van der Waals surface area contributed by atoms with Gasteiger partial charge in [-0.05, 0) is 83.0 Å². The van der Waals surface area contributed by atoms with Gasteiger partial charge in [0.1, 0.15) is 30.2 Å². The molecule has 1 aromatic carbocycles. The van der Waals surface area contributed by atoms with E-state index in [-0.39, 0.29) is 38.1 Å². The van der Waals surface area contributed by atoms with Gasteiger partial charge in [0.05, 0.1) is 32.2 Å². The van der Waals surface area contributed by atoms with Crippen molar-refractivity contribution in [3.8, 4) is 0 Å². The third kappa shape index (κ3) is 16.9. The van der Waals surface area contributed by atoms with Gasteiger partial charge in [0.2, 0.25) is 59.1 Å². The van der Waals surface area contributed by atoms with Gasteiger partial charge in [0.25, 0.3) is 0 Å². The number of primary amides is 1. The molecule has 0 aliphatic carbocycles. The molecule has 68 heavy (non-hydrogen) atoms. The van der Waals surface area contributed by atoms with Gasteiger partial charge in [-0.3, -0.25) is 47.9 Å². The molecule has 2 aliphatic rings. The number of nitrogens with zero attached hydrogens (tertiary/aromatic N) is 1. The number of likely N-dealkylation sites (tertiary alicyclic amines) is 1. The molecule has 0 spiro atoms. The first-order valence-corrected chi connectivity index (χ1v) is 22.6. The number of carboxylic acids is 1. The van der Waals surface area contributed by atoms with Crippen molar-refractivity contribution in [3.05, 3.63) is 36.0 Å². The number of aromatic nitrogens is 1. The summed E-state index contributed by atoms with van der Waals surface area (Å²) in [6, 6.07) is 0.798. The summed E-state index contributed by atoms with van der Waals surface area (Å²) in [5, 5.41) is 32.9. The number of fused-ring (bicyclic) bond motifs is 1. The number of unbranched alkanes of at least 4 members (excludes halogenated alkanes) is 1. The lowest BCUT2D eigenvalue weighted by molar-refractivity contribution is -0.144. The van der Waals surface area contributed by atoms with Crippen molar-refractivity contribution in [2.45, 2.75) is 107 Å². The van der Waals surface area contributed by atoms with Crippen molar-refractivity contribution in [2.75, 3.05) is 45.8 Å². The van der Waals surface area contributed by atoms with E-state index in [1.807, 2.05) is 0 Å². The van der Waals surface area contributed by atoms with Crippen LogP contribution in [0.2, 0.25) is 0 Å². The number of nitrogens with two attached hydrogens (primary N) is 2. The van der Waals surface area contributed by atoms with Gasteiger partial charge >= 0.3 is 5.97 Å². The third-order valence-electron chi connectivity index (χ3n) is 11.4. The van der Waals surface area contributed by atoms with Gasteiger partial charge in [-0.1, -0.05) is 18.2 Å². The molecule has 1 aromatic heterocycles. The molecule has 2 saturated heterocycles. The molecule has 2 fully saturated rings. The first-order chi connectivity index (χ1) is 32.5. The van der Waals surface area contributed by atoms with E-state index < -0.39 is 122 Å². The maximum Gasteiger partial charge on any atom is 0.326 e. The summed E-state index contributed by atoms with van der Waals surface area (Å²) in [4.78, 5) is 145. The fourth-order valence-electron chi connectivity index (χ4n) is 7.66. The van der Waals surface area contributed by atoms with Crippen LogP contribution in [0.1, 0.15) is 70.3 Å². The molecular weight excluding hydrogens is 891 g/mol. The van der Waals surface area contributed by atoms with Crippen LogP contribution in [0.5, 0.6) is 0 Å². The predicted octanol–water partition coefficient (Wildman–Crippen LogP) is -4.64.